The van der Waals surface area contributed by atoms with Gasteiger partial charge in [-0.2, -0.15) is 0 Å². The Morgan fingerprint density at radius 1 is 1.50 bits per heavy atom. The van der Waals surface area contributed by atoms with Crippen molar-refractivity contribution in [1.29, 1.82) is 0 Å². The number of aryl methyl sites for hydroxylation is 1. The number of aromatic amines is 1. The zero-order chi connectivity index (χ0) is 9.56. The van der Waals surface area contributed by atoms with Crippen LogP contribution in [0.1, 0.15) is 25.1 Å². The fraction of sp³-hybridized carbons (Fsp3) is 0.300. The lowest BCUT2D eigenvalue weighted by Gasteiger charge is -1.95. The molecule has 1 aromatic heterocycles. The quantitative estimate of drug-likeness (QED) is 0.680. The highest BCUT2D eigenvalue weighted by molar-refractivity contribution is 5.48. The summed E-state index contributed by atoms with van der Waals surface area (Å²) in [6, 6.07) is 1.49. The third kappa shape index (κ3) is 2.38. The van der Waals surface area contributed by atoms with Crippen molar-refractivity contribution in [2.45, 2.75) is 20.8 Å². The summed E-state index contributed by atoms with van der Waals surface area (Å²) >= 11 is 0. The van der Waals surface area contributed by atoms with Crippen molar-refractivity contribution in [2.24, 2.45) is 0 Å². The number of nitrogens with one attached hydrogen (secondary N) is 1. The second-order valence-electron chi connectivity index (χ2n) is 2.08. The first-order valence-corrected chi connectivity index (χ1v) is 4.06. The standard InChI is InChI=1S/C8H9NO.C2H6/c1-3-7-6(2)9-5-4-8(7)10;1-2/h3-5H,1H2,2H3,(H,9,10);1-2H3. The Kier molecular flexibility index (Phi) is 4.77. The highest BCUT2D eigenvalue weighted by Crippen LogP contribution is 1.97. The van der Waals surface area contributed by atoms with Gasteiger partial charge in [0.15, 0.2) is 5.43 Å². The summed E-state index contributed by atoms with van der Waals surface area (Å²) < 4.78 is 0. The Balaban J connectivity index is 0.000000561. The van der Waals surface area contributed by atoms with Crippen LogP contribution in [-0.4, -0.2) is 4.98 Å². The van der Waals surface area contributed by atoms with Gasteiger partial charge in [-0.1, -0.05) is 26.5 Å². The molecule has 1 heterocycles. The molecule has 66 valence electrons. The lowest BCUT2D eigenvalue weighted by atomic mass is 10.2. The van der Waals surface area contributed by atoms with E-state index in [-0.39, 0.29) is 5.43 Å². The lowest BCUT2D eigenvalue weighted by molar-refractivity contribution is 1.17. The Bertz CT molecular complexity index is 299. The van der Waals surface area contributed by atoms with Crippen LogP contribution in [0.25, 0.3) is 6.08 Å². The third-order valence-corrected chi connectivity index (χ3v) is 1.41. The second-order valence-corrected chi connectivity index (χ2v) is 2.08. The average molecular weight is 165 g/mol. The Labute approximate surface area is 73.0 Å². The van der Waals surface area contributed by atoms with Crippen molar-refractivity contribution in [3.8, 4) is 0 Å². The maximum absolute atomic E-state index is 11.0. The maximum Gasteiger partial charge on any atom is 0.188 e. The Morgan fingerprint density at radius 3 is 2.42 bits per heavy atom. The number of rotatable bonds is 1. The van der Waals surface area contributed by atoms with Gasteiger partial charge in [-0.25, -0.2) is 0 Å². The van der Waals surface area contributed by atoms with Crippen LogP contribution >= 0.6 is 0 Å². The molecule has 0 aliphatic heterocycles. The van der Waals surface area contributed by atoms with E-state index < -0.39 is 0 Å². The summed E-state index contributed by atoms with van der Waals surface area (Å²) in [6.45, 7) is 9.38. The van der Waals surface area contributed by atoms with Crippen molar-refractivity contribution in [3.05, 3.63) is 40.3 Å². The smallest absolute Gasteiger partial charge is 0.188 e. The number of aromatic nitrogens is 1. The summed E-state index contributed by atoms with van der Waals surface area (Å²) in [5, 5.41) is 0. The summed E-state index contributed by atoms with van der Waals surface area (Å²) in [5.41, 5.74) is 1.54. The number of pyridine rings is 1. The molecule has 1 aromatic rings. The molecule has 0 aliphatic rings. The number of hydrogen-bond acceptors (Lipinski definition) is 1. The molecule has 0 bridgehead atoms. The first-order valence-electron chi connectivity index (χ1n) is 4.06. The van der Waals surface area contributed by atoms with Gasteiger partial charge in [-0.3, -0.25) is 4.79 Å². The summed E-state index contributed by atoms with van der Waals surface area (Å²) in [7, 11) is 0. The number of H-pyrrole nitrogens is 1. The minimum absolute atomic E-state index is 0.0197. The van der Waals surface area contributed by atoms with Gasteiger partial charge in [0.25, 0.3) is 0 Å². The molecule has 0 aromatic carbocycles. The molecular weight excluding hydrogens is 150 g/mol. The van der Waals surface area contributed by atoms with Crippen LogP contribution < -0.4 is 5.43 Å². The predicted molar refractivity (Wildman–Crippen MR) is 53.2 cm³/mol. The molecule has 0 aliphatic carbocycles. The van der Waals surface area contributed by atoms with Gasteiger partial charge >= 0.3 is 0 Å². The van der Waals surface area contributed by atoms with E-state index in [1.54, 1.807) is 12.3 Å². The average Bonchev–Trinajstić information content (AvgIpc) is 2.08. The highest BCUT2D eigenvalue weighted by atomic mass is 16.1. The highest BCUT2D eigenvalue weighted by Gasteiger charge is 1.95. The zero-order valence-electron chi connectivity index (χ0n) is 7.85. The molecule has 0 saturated carbocycles. The van der Waals surface area contributed by atoms with E-state index in [1.807, 2.05) is 20.8 Å². The molecule has 0 saturated heterocycles. The van der Waals surface area contributed by atoms with E-state index >= 15 is 0 Å². The largest absolute Gasteiger partial charge is 0.364 e. The van der Waals surface area contributed by atoms with E-state index in [1.165, 1.54) is 6.07 Å². The molecule has 2 heteroatoms. The van der Waals surface area contributed by atoms with Crippen LogP contribution in [0.2, 0.25) is 0 Å². The number of hydrogen-bond donors (Lipinski definition) is 1. The summed E-state index contributed by atoms with van der Waals surface area (Å²) in [6.07, 6.45) is 3.19. The first-order chi connectivity index (χ1) is 5.75. The second kappa shape index (κ2) is 5.35. The molecular formula is C10H15NO. The fourth-order valence-corrected chi connectivity index (χ4v) is 0.848. The van der Waals surface area contributed by atoms with Crippen LogP contribution in [0.3, 0.4) is 0 Å². The van der Waals surface area contributed by atoms with Gasteiger partial charge in [0.2, 0.25) is 0 Å². The fourth-order valence-electron chi connectivity index (χ4n) is 0.848. The van der Waals surface area contributed by atoms with Crippen LogP contribution in [0.5, 0.6) is 0 Å². The van der Waals surface area contributed by atoms with Crippen molar-refractivity contribution in [2.75, 3.05) is 0 Å². The van der Waals surface area contributed by atoms with Gasteiger partial charge in [-0.05, 0) is 6.92 Å². The van der Waals surface area contributed by atoms with Crippen molar-refractivity contribution >= 4 is 6.08 Å². The van der Waals surface area contributed by atoms with Crippen LogP contribution in [0.4, 0.5) is 0 Å². The molecule has 0 atom stereocenters. The molecule has 0 spiro atoms. The van der Waals surface area contributed by atoms with E-state index in [2.05, 4.69) is 11.6 Å². The molecule has 12 heavy (non-hydrogen) atoms. The minimum Gasteiger partial charge on any atom is -0.364 e. The topological polar surface area (TPSA) is 32.9 Å². The first kappa shape index (κ1) is 10.7. The van der Waals surface area contributed by atoms with E-state index in [0.717, 1.165) is 5.69 Å². The molecule has 0 amide bonds. The zero-order valence-corrected chi connectivity index (χ0v) is 7.85. The lowest BCUT2D eigenvalue weighted by Crippen LogP contribution is -2.05. The molecule has 0 radical (unpaired) electrons. The van der Waals surface area contributed by atoms with Gasteiger partial charge in [0, 0.05) is 23.5 Å². The van der Waals surface area contributed by atoms with Gasteiger partial charge in [0.1, 0.15) is 0 Å². The molecule has 1 rings (SSSR count). The van der Waals surface area contributed by atoms with E-state index in [9.17, 15) is 4.79 Å². The van der Waals surface area contributed by atoms with Crippen molar-refractivity contribution in [1.82, 2.24) is 4.98 Å². The predicted octanol–water partition coefficient (Wildman–Crippen LogP) is 2.35. The summed E-state index contributed by atoms with van der Waals surface area (Å²) in [5.74, 6) is 0. The monoisotopic (exact) mass is 165 g/mol. The Hall–Kier alpha value is -1.31. The molecule has 2 nitrogen and oxygen atoms in total. The maximum atomic E-state index is 11.0. The molecule has 0 fully saturated rings. The van der Waals surface area contributed by atoms with Crippen LogP contribution in [0.15, 0.2) is 23.6 Å². The normalized spacial score (nSPS) is 8.25. The van der Waals surface area contributed by atoms with Crippen LogP contribution in [-0.2, 0) is 0 Å². The van der Waals surface area contributed by atoms with E-state index in [4.69, 9.17) is 0 Å². The van der Waals surface area contributed by atoms with Crippen LogP contribution in [0, 0.1) is 6.92 Å². The van der Waals surface area contributed by atoms with Crippen molar-refractivity contribution < 1.29 is 0 Å². The van der Waals surface area contributed by atoms with Gasteiger partial charge < -0.3 is 4.98 Å². The Morgan fingerprint density at radius 2 is 2.08 bits per heavy atom. The van der Waals surface area contributed by atoms with Gasteiger partial charge in [-0.15, -0.1) is 0 Å². The van der Waals surface area contributed by atoms with Gasteiger partial charge in [0.05, 0.1) is 0 Å². The third-order valence-electron chi connectivity index (χ3n) is 1.41. The molecule has 1 N–H and O–H groups in total. The van der Waals surface area contributed by atoms with Crippen molar-refractivity contribution in [3.63, 3.8) is 0 Å². The summed E-state index contributed by atoms with van der Waals surface area (Å²) in [4.78, 5) is 13.9. The van der Waals surface area contributed by atoms with E-state index in [0.29, 0.717) is 5.56 Å². The molecule has 0 unspecified atom stereocenters. The SMILES string of the molecule is C=Cc1c(C)[nH]ccc1=O.CC. The minimum atomic E-state index is 0.0197.